The van der Waals surface area contributed by atoms with E-state index in [1.54, 1.807) is 31.2 Å². The third-order valence-corrected chi connectivity index (χ3v) is 5.99. The fourth-order valence-electron chi connectivity index (χ4n) is 3.96. The number of hydrogen-bond donors (Lipinski definition) is 1. The lowest BCUT2D eigenvalue weighted by Gasteiger charge is -2.23. The van der Waals surface area contributed by atoms with E-state index in [1.807, 2.05) is 4.90 Å². The van der Waals surface area contributed by atoms with Gasteiger partial charge in [0.15, 0.2) is 0 Å². The van der Waals surface area contributed by atoms with Crippen LogP contribution in [0.25, 0.3) is 0 Å². The number of amides is 4. The number of hydrogen-bond acceptors (Lipinski definition) is 3. The number of nitrogens with zero attached hydrogens (tertiary/aromatic N) is 2. The van der Waals surface area contributed by atoms with Gasteiger partial charge in [-0.1, -0.05) is 29.8 Å². The summed E-state index contributed by atoms with van der Waals surface area (Å²) in [6.45, 7) is 3.14. The molecule has 30 heavy (non-hydrogen) atoms. The number of imide groups is 1. The molecule has 2 heterocycles. The molecule has 1 unspecified atom stereocenters. The van der Waals surface area contributed by atoms with Gasteiger partial charge in [0.05, 0.1) is 6.54 Å². The minimum absolute atomic E-state index is 0.00688. The van der Waals surface area contributed by atoms with Gasteiger partial charge < -0.3 is 10.2 Å². The number of nitrogens with one attached hydrogen (secondary N) is 1. The van der Waals surface area contributed by atoms with Gasteiger partial charge in [-0.3, -0.25) is 14.5 Å². The van der Waals surface area contributed by atoms with Crippen molar-refractivity contribution in [2.75, 3.05) is 13.1 Å². The number of rotatable bonds is 4. The van der Waals surface area contributed by atoms with E-state index in [4.69, 9.17) is 11.6 Å². The van der Waals surface area contributed by atoms with E-state index in [0.717, 1.165) is 36.9 Å². The molecule has 6 nitrogen and oxygen atoms in total. The van der Waals surface area contributed by atoms with E-state index in [1.165, 1.54) is 12.1 Å². The summed E-state index contributed by atoms with van der Waals surface area (Å²) in [5.41, 5.74) is 0.248. The van der Waals surface area contributed by atoms with Crippen molar-refractivity contribution in [3.05, 3.63) is 70.0 Å². The summed E-state index contributed by atoms with van der Waals surface area (Å²) in [5.74, 6) is -1.00. The van der Waals surface area contributed by atoms with Crippen LogP contribution in [0.4, 0.5) is 9.18 Å². The Labute approximate surface area is 178 Å². The molecule has 4 amide bonds. The number of halogens is 2. The van der Waals surface area contributed by atoms with Gasteiger partial charge in [-0.2, -0.15) is 0 Å². The summed E-state index contributed by atoms with van der Waals surface area (Å²) in [5, 5.41) is 2.73. The smallest absolute Gasteiger partial charge is 0.325 e. The van der Waals surface area contributed by atoms with Gasteiger partial charge in [0.25, 0.3) is 11.8 Å². The molecule has 1 N–H and O–H groups in total. The highest BCUT2D eigenvalue weighted by molar-refractivity contribution is 6.32. The molecule has 0 saturated carbocycles. The Kier molecular flexibility index (Phi) is 5.24. The van der Waals surface area contributed by atoms with Gasteiger partial charge in [0, 0.05) is 29.2 Å². The number of likely N-dealkylation sites (tertiary alicyclic amines) is 1. The molecule has 0 aliphatic carbocycles. The van der Waals surface area contributed by atoms with Gasteiger partial charge >= 0.3 is 6.03 Å². The van der Waals surface area contributed by atoms with Crippen LogP contribution in [0.1, 0.15) is 41.3 Å². The standard InChI is InChI=1S/C22H21ClFN3O3/c1-22(17-9-8-16(24)12-18(17)23)20(29)27(21(30)25-22)13-14-4-6-15(7-5-14)19(28)26-10-2-3-11-26/h4-9,12H,2-3,10-11,13H2,1H3,(H,25,30). The first-order chi connectivity index (χ1) is 14.3. The van der Waals surface area contributed by atoms with Crippen molar-refractivity contribution in [3.8, 4) is 0 Å². The molecule has 2 aromatic rings. The van der Waals surface area contributed by atoms with Gasteiger partial charge in [0.1, 0.15) is 11.4 Å². The van der Waals surface area contributed by atoms with E-state index in [2.05, 4.69) is 5.32 Å². The highest BCUT2D eigenvalue weighted by Gasteiger charge is 2.49. The summed E-state index contributed by atoms with van der Waals surface area (Å²) in [4.78, 5) is 41.0. The van der Waals surface area contributed by atoms with Crippen molar-refractivity contribution in [2.45, 2.75) is 31.8 Å². The summed E-state index contributed by atoms with van der Waals surface area (Å²) in [6, 6.07) is 10.1. The van der Waals surface area contributed by atoms with Gasteiger partial charge in [0.2, 0.25) is 0 Å². The van der Waals surface area contributed by atoms with Crippen molar-refractivity contribution < 1.29 is 18.8 Å². The highest BCUT2D eigenvalue weighted by atomic mass is 35.5. The maximum Gasteiger partial charge on any atom is 0.325 e. The lowest BCUT2D eigenvalue weighted by Crippen LogP contribution is -2.41. The largest absolute Gasteiger partial charge is 0.339 e. The maximum atomic E-state index is 13.4. The molecule has 2 aliphatic heterocycles. The topological polar surface area (TPSA) is 69.7 Å². The zero-order valence-corrected chi connectivity index (χ0v) is 17.2. The first-order valence-electron chi connectivity index (χ1n) is 9.77. The summed E-state index contributed by atoms with van der Waals surface area (Å²) < 4.78 is 13.4. The second-order valence-corrected chi connectivity index (χ2v) is 8.17. The Bertz CT molecular complexity index is 1020. The van der Waals surface area contributed by atoms with Crippen molar-refractivity contribution in [2.24, 2.45) is 0 Å². The molecule has 2 saturated heterocycles. The Morgan fingerprint density at radius 1 is 1.13 bits per heavy atom. The van der Waals surface area contributed by atoms with Crippen LogP contribution in [0.2, 0.25) is 5.02 Å². The molecule has 0 bridgehead atoms. The molecule has 0 aromatic heterocycles. The van der Waals surface area contributed by atoms with Crippen molar-refractivity contribution in [1.29, 1.82) is 0 Å². The predicted octanol–water partition coefficient (Wildman–Crippen LogP) is 3.68. The summed E-state index contributed by atoms with van der Waals surface area (Å²) in [7, 11) is 0. The molecule has 2 aliphatic rings. The normalized spacial score (nSPS) is 21.3. The lowest BCUT2D eigenvalue weighted by molar-refractivity contribution is -0.131. The maximum absolute atomic E-state index is 13.4. The fourth-order valence-corrected chi connectivity index (χ4v) is 4.31. The summed E-state index contributed by atoms with van der Waals surface area (Å²) >= 11 is 6.12. The number of carbonyl (C=O) groups is 3. The zero-order chi connectivity index (χ0) is 21.5. The predicted molar refractivity (Wildman–Crippen MR) is 109 cm³/mol. The molecule has 0 radical (unpaired) electrons. The summed E-state index contributed by atoms with van der Waals surface area (Å²) in [6.07, 6.45) is 2.04. The Hall–Kier alpha value is -2.93. The Morgan fingerprint density at radius 3 is 2.43 bits per heavy atom. The molecule has 156 valence electrons. The van der Waals surface area contributed by atoms with Crippen LogP contribution in [-0.4, -0.2) is 40.7 Å². The van der Waals surface area contributed by atoms with E-state index < -0.39 is 23.3 Å². The average molecular weight is 430 g/mol. The third-order valence-electron chi connectivity index (χ3n) is 5.68. The van der Waals surface area contributed by atoms with E-state index in [0.29, 0.717) is 16.7 Å². The number of urea groups is 1. The second kappa shape index (κ2) is 7.72. The van der Waals surface area contributed by atoms with Gasteiger partial charge in [-0.05, 0) is 49.6 Å². The van der Waals surface area contributed by atoms with Crippen LogP contribution in [0.15, 0.2) is 42.5 Å². The first-order valence-corrected chi connectivity index (χ1v) is 10.2. The minimum Gasteiger partial charge on any atom is -0.339 e. The van der Waals surface area contributed by atoms with Crippen molar-refractivity contribution in [3.63, 3.8) is 0 Å². The lowest BCUT2D eigenvalue weighted by atomic mass is 9.92. The van der Waals surface area contributed by atoms with Crippen LogP contribution in [0.3, 0.4) is 0 Å². The first kappa shape index (κ1) is 20.3. The second-order valence-electron chi connectivity index (χ2n) is 7.77. The monoisotopic (exact) mass is 429 g/mol. The molecule has 4 rings (SSSR count). The molecular weight excluding hydrogens is 409 g/mol. The van der Waals surface area contributed by atoms with Crippen LogP contribution in [-0.2, 0) is 16.9 Å². The number of benzene rings is 2. The molecule has 2 fully saturated rings. The van der Waals surface area contributed by atoms with Crippen LogP contribution in [0, 0.1) is 5.82 Å². The molecule has 2 aromatic carbocycles. The molecule has 8 heteroatoms. The van der Waals surface area contributed by atoms with E-state index in [-0.39, 0.29) is 17.5 Å². The highest BCUT2D eigenvalue weighted by Crippen LogP contribution is 2.34. The fraction of sp³-hybridized carbons (Fsp3) is 0.318. The SMILES string of the molecule is CC1(c2ccc(F)cc2Cl)NC(=O)N(Cc2ccc(C(=O)N3CCCC3)cc2)C1=O. The zero-order valence-electron chi connectivity index (χ0n) is 16.5. The molecule has 0 spiro atoms. The van der Waals surface area contributed by atoms with Gasteiger partial charge in [-0.25, -0.2) is 9.18 Å². The van der Waals surface area contributed by atoms with Crippen LogP contribution >= 0.6 is 11.6 Å². The van der Waals surface area contributed by atoms with Crippen LogP contribution < -0.4 is 5.32 Å². The van der Waals surface area contributed by atoms with E-state index >= 15 is 0 Å². The molecule has 1 atom stereocenters. The number of carbonyl (C=O) groups excluding carboxylic acids is 3. The third kappa shape index (κ3) is 3.54. The Balaban J connectivity index is 1.51. The van der Waals surface area contributed by atoms with Crippen LogP contribution in [0.5, 0.6) is 0 Å². The molecular formula is C22H21ClFN3O3. The van der Waals surface area contributed by atoms with E-state index in [9.17, 15) is 18.8 Å². The van der Waals surface area contributed by atoms with Crippen molar-refractivity contribution >= 4 is 29.4 Å². The quantitative estimate of drug-likeness (QED) is 0.754. The van der Waals surface area contributed by atoms with Crippen molar-refractivity contribution in [1.82, 2.24) is 15.1 Å². The minimum atomic E-state index is -1.38. The van der Waals surface area contributed by atoms with Gasteiger partial charge in [-0.15, -0.1) is 0 Å². The average Bonchev–Trinajstić information content (AvgIpc) is 3.32. The Morgan fingerprint density at radius 2 is 1.80 bits per heavy atom.